The quantitative estimate of drug-likeness (QED) is 0.627. The summed E-state index contributed by atoms with van der Waals surface area (Å²) in [7, 11) is 0. The molecule has 0 radical (unpaired) electrons. The van der Waals surface area contributed by atoms with Crippen LogP contribution >= 0.6 is 11.8 Å². The predicted octanol–water partition coefficient (Wildman–Crippen LogP) is 5.27. The van der Waals surface area contributed by atoms with Gasteiger partial charge < -0.3 is 0 Å². The number of carbonyl (C=O) groups excluding carboxylic acids is 1. The Morgan fingerprint density at radius 1 is 1.05 bits per heavy atom. The summed E-state index contributed by atoms with van der Waals surface area (Å²) in [6.45, 7) is 0. The molecule has 0 fully saturated rings. The van der Waals surface area contributed by atoms with Crippen LogP contribution < -0.4 is 0 Å². The third-order valence-corrected chi connectivity index (χ3v) is 3.75. The molecule has 0 N–H and O–H groups in total. The molecule has 8 heteroatoms. The van der Waals surface area contributed by atoms with Crippen molar-refractivity contribution < 1.29 is 31.1 Å². The summed E-state index contributed by atoms with van der Waals surface area (Å²) < 4.78 is 75.5. The monoisotopic (exact) mass is 344 g/mol. The van der Waals surface area contributed by atoms with E-state index in [4.69, 9.17) is 0 Å². The van der Waals surface area contributed by atoms with Crippen LogP contribution in [0.25, 0.3) is 0 Å². The van der Waals surface area contributed by atoms with Gasteiger partial charge in [0.15, 0.2) is 6.17 Å². The number of benzene rings is 1. The van der Waals surface area contributed by atoms with E-state index in [0.717, 1.165) is 0 Å². The maximum atomic E-state index is 13.4. The molecule has 0 aliphatic heterocycles. The van der Waals surface area contributed by atoms with Gasteiger partial charge in [-0.3, -0.25) is 4.79 Å². The molecule has 0 heterocycles. The van der Waals surface area contributed by atoms with Gasteiger partial charge >= 0.3 is 6.18 Å². The zero-order valence-electron chi connectivity index (χ0n) is 11.4. The van der Waals surface area contributed by atoms with E-state index >= 15 is 0 Å². The van der Waals surface area contributed by atoms with Crippen LogP contribution in [0.5, 0.6) is 0 Å². The molecular weight excluding hydrogens is 330 g/mol. The van der Waals surface area contributed by atoms with Gasteiger partial charge in [-0.15, -0.1) is 0 Å². The minimum absolute atomic E-state index is 0.226. The van der Waals surface area contributed by atoms with E-state index < -0.39 is 42.6 Å². The minimum Gasteiger partial charge on any atom is -0.282 e. The Bertz CT molecular complexity index is 474. The first-order valence-corrected chi connectivity index (χ1v) is 7.41. The van der Waals surface area contributed by atoms with Crippen molar-refractivity contribution in [2.75, 3.05) is 5.75 Å². The van der Waals surface area contributed by atoms with Crippen molar-refractivity contribution >= 4 is 16.9 Å². The van der Waals surface area contributed by atoms with Gasteiger partial charge in [0.25, 0.3) is 5.92 Å². The maximum Gasteiger partial charge on any atom is 0.389 e. The number of thioether (sulfide) groups is 1. The number of rotatable bonds is 7. The van der Waals surface area contributed by atoms with Gasteiger partial charge in [-0.1, -0.05) is 42.1 Å². The number of hydrogen-bond acceptors (Lipinski definition) is 2. The van der Waals surface area contributed by atoms with Gasteiger partial charge in [-0.2, -0.15) is 13.2 Å². The van der Waals surface area contributed by atoms with Gasteiger partial charge in [-0.05, 0) is 6.42 Å². The molecule has 124 valence electrons. The van der Waals surface area contributed by atoms with Crippen molar-refractivity contribution in [1.82, 2.24) is 0 Å². The van der Waals surface area contributed by atoms with Crippen molar-refractivity contribution in [2.24, 2.45) is 0 Å². The van der Waals surface area contributed by atoms with E-state index in [-0.39, 0.29) is 5.75 Å². The topological polar surface area (TPSA) is 17.1 Å². The predicted molar refractivity (Wildman–Crippen MR) is 73.0 cm³/mol. The Morgan fingerprint density at radius 2 is 1.64 bits per heavy atom. The summed E-state index contributed by atoms with van der Waals surface area (Å²) in [5, 5.41) is -0.397. The number of alkyl halides is 6. The fraction of sp³-hybridized carbons (Fsp3) is 0.500. The van der Waals surface area contributed by atoms with Crippen molar-refractivity contribution in [3.63, 3.8) is 0 Å². The Hall–Kier alpha value is -1.18. The summed E-state index contributed by atoms with van der Waals surface area (Å²) in [5.41, 5.74) is 0.353. The summed E-state index contributed by atoms with van der Waals surface area (Å²) in [6, 6.07) is 7.99. The second-order valence-electron chi connectivity index (χ2n) is 4.63. The Labute approximate surface area is 128 Å². The lowest BCUT2D eigenvalue weighted by Gasteiger charge is -2.21. The molecule has 1 unspecified atom stereocenters. The highest BCUT2D eigenvalue weighted by Gasteiger charge is 2.43. The normalized spacial score (nSPS) is 13.9. The molecule has 0 spiro atoms. The van der Waals surface area contributed by atoms with Crippen molar-refractivity contribution in [1.29, 1.82) is 0 Å². The van der Waals surface area contributed by atoms with Crippen LogP contribution in [0.2, 0.25) is 0 Å². The smallest absolute Gasteiger partial charge is 0.282 e. The van der Waals surface area contributed by atoms with E-state index in [1.807, 2.05) is 0 Å². The summed E-state index contributed by atoms with van der Waals surface area (Å²) in [5.74, 6) is -4.28. The summed E-state index contributed by atoms with van der Waals surface area (Å²) >= 11 is 0.663. The molecule has 22 heavy (non-hydrogen) atoms. The van der Waals surface area contributed by atoms with E-state index in [0.29, 0.717) is 17.3 Å². The fourth-order valence-corrected chi connectivity index (χ4v) is 2.40. The Kier molecular flexibility index (Phi) is 6.77. The average Bonchev–Trinajstić information content (AvgIpc) is 2.45. The van der Waals surface area contributed by atoms with Crippen LogP contribution in [-0.2, 0) is 0 Å². The molecule has 0 amide bonds. The van der Waals surface area contributed by atoms with E-state index in [1.165, 1.54) is 12.1 Å². The first-order chi connectivity index (χ1) is 10.1. The molecule has 1 nitrogen and oxygen atoms in total. The van der Waals surface area contributed by atoms with Crippen molar-refractivity contribution in [3.8, 4) is 0 Å². The number of hydrogen-bond donors (Lipinski definition) is 0. The van der Waals surface area contributed by atoms with Crippen LogP contribution in [0.3, 0.4) is 0 Å². The van der Waals surface area contributed by atoms with Crippen LogP contribution in [0.1, 0.15) is 29.6 Å². The molecule has 0 aromatic heterocycles. The largest absolute Gasteiger partial charge is 0.389 e. The second kappa shape index (κ2) is 7.89. The first kappa shape index (κ1) is 18.9. The standard InChI is InChI=1S/C14H14F6OS/c15-11(13(16,17)7-8-14(18,19)20)6-9-22-12(21)10-4-2-1-3-5-10/h1-5,11H,6-9H2. The zero-order valence-corrected chi connectivity index (χ0v) is 12.2. The molecule has 1 aromatic rings. The maximum absolute atomic E-state index is 13.4. The summed E-state index contributed by atoms with van der Waals surface area (Å²) in [6.07, 6.45) is -11.5. The van der Waals surface area contributed by atoms with E-state index in [2.05, 4.69) is 0 Å². The lowest BCUT2D eigenvalue weighted by atomic mass is 10.1. The van der Waals surface area contributed by atoms with Gasteiger partial charge in [0, 0.05) is 24.2 Å². The van der Waals surface area contributed by atoms with Crippen molar-refractivity contribution in [2.45, 2.75) is 37.5 Å². The van der Waals surface area contributed by atoms with Gasteiger partial charge in [0.2, 0.25) is 5.12 Å². The van der Waals surface area contributed by atoms with Crippen LogP contribution in [-0.4, -0.2) is 29.1 Å². The molecule has 0 aliphatic carbocycles. The zero-order chi connectivity index (χ0) is 16.8. The lowest BCUT2D eigenvalue weighted by molar-refractivity contribution is -0.161. The van der Waals surface area contributed by atoms with Crippen molar-refractivity contribution in [3.05, 3.63) is 35.9 Å². The number of carbonyl (C=O) groups is 1. The van der Waals surface area contributed by atoms with E-state index in [9.17, 15) is 31.1 Å². The van der Waals surface area contributed by atoms with Crippen LogP contribution in [0.15, 0.2) is 30.3 Å². The van der Waals surface area contributed by atoms with Crippen LogP contribution in [0.4, 0.5) is 26.3 Å². The molecule has 0 saturated heterocycles. The van der Waals surface area contributed by atoms with E-state index in [1.54, 1.807) is 18.2 Å². The highest BCUT2D eigenvalue weighted by Crippen LogP contribution is 2.34. The number of halogens is 6. The molecule has 0 bridgehead atoms. The lowest BCUT2D eigenvalue weighted by Crippen LogP contribution is -2.32. The first-order valence-electron chi connectivity index (χ1n) is 6.42. The summed E-state index contributed by atoms with van der Waals surface area (Å²) in [4.78, 5) is 11.6. The molecule has 0 aliphatic rings. The molecule has 1 atom stereocenters. The van der Waals surface area contributed by atoms with Gasteiger partial charge in [0.05, 0.1) is 0 Å². The third-order valence-electron chi connectivity index (χ3n) is 2.81. The second-order valence-corrected chi connectivity index (χ2v) is 5.70. The van der Waals surface area contributed by atoms with Gasteiger partial charge in [0.1, 0.15) is 0 Å². The van der Waals surface area contributed by atoms with Gasteiger partial charge in [-0.25, -0.2) is 13.2 Å². The molecule has 1 rings (SSSR count). The Morgan fingerprint density at radius 3 is 2.18 bits per heavy atom. The highest BCUT2D eigenvalue weighted by atomic mass is 32.2. The van der Waals surface area contributed by atoms with Crippen LogP contribution in [0, 0.1) is 0 Å². The fourth-order valence-electron chi connectivity index (χ4n) is 1.59. The Balaban J connectivity index is 2.38. The highest BCUT2D eigenvalue weighted by molar-refractivity contribution is 8.14. The molecular formula is C14H14F6OS. The average molecular weight is 344 g/mol. The third kappa shape index (κ3) is 6.72. The molecule has 1 aromatic carbocycles. The molecule has 0 saturated carbocycles. The SMILES string of the molecule is O=C(SCCC(F)C(F)(F)CCC(F)(F)F)c1ccccc1. The minimum atomic E-state index is -4.75.